The molecule has 0 bridgehead atoms. The average molecular weight is 347 g/mol. The van der Waals surface area contributed by atoms with Gasteiger partial charge < -0.3 is 4.57 Å². The van der Waals surface area contributed by atoms with E-state index in [-0.39, 0.29) is 4.90 Å². The Balaban J connectivity index is 1.90. The summed E-state index contributed by atoms with van der Waals surface area (Å²) < 4.78 is 29.5. The van der Waals surface area contributed by atoms with Crippen molar-refractivity contribution in [2.45, 2.75) is 23.3 Å². The van der Waals surface area contributed by atoms with E-state index in [1.54, 1.807) is 54.5 Å². The zero-order valence-electron chi connectivity index (χ0n) is 12.9. The minimum Gasteiger partial charge on any atom is -0.331 e. The Morgan fingerprint density at radius 2 is 1.91 bits per heavy atom. The Morgan fingerprint density at radius 1 is 1.17 bits per heavy atom. The topological polar surface area (TPSA) is 64.0 Å². The first kappa shape index (κ1) is 15.9. The van der Waals surface area contributed by atoms with Crippen LogP contribution in [-0.2, 0) is 16.6 Å². The maximum Gasteiger partial charge on any atom is 0.261 e. The number of nitrogens with one attached hydrogen (secondary N) is 1. The lowest BCUT2D eigenvalue weighted by Crippen LogP contribution is -2.12. The van der Waals surface area contributed by atoms with Gasteiger partial charge in [0, 0.05) is 11.4 Å². The van der Waals surface area contributed by atoms with E-state index in [0.29, 0.717) is 5.69 Å². The summed E-state index contributed by atoms with van der Waals surface area (Å²) in [6.07, 6.45) is 3.70. The molecule has 0 spiro atoms. The highest BCUT2D eigenvalue weighted by atomic mass is 32.2. The molecule has 0 saturated heterocycles. The third-order valence-corrected chi connectivity index (χ3v) is 5.72. The van der Waals surface area contributed by atoms with Crippen LogP contribution in [0.2, 0.25) is 0 Å². The largest absolute Gasteiger partial charge is 0.331 e. The Labute approximate surface area is 139 Å². The fourth-order valence-corrected chi connectivity index (χ4v) is 3.81. The van der Waals surface area contributed by atoms with Crippen molar-refractivity contribution in [3.63, 3.8) is 0 Å². The second-order valence-corrected chi connectivity index (χ2v) is 7.58. The molecule has 1 aromatic heterocycles. The van der Waals surface area contributed by atoms with E-state index in [1.807, 2.05) is 23.8 Å². The summed E-state index contributed by atoms with van der Waals surface area (Å²) in [5, 5.41) is 0. The van der Waals surface area contributed by atoms with Gasteiger partial charge in [-0.3, -0.25) is 4.72 Å². The van der Waals surface area contributed by atoms with Crippen LogP contribution in [0.25, 0.3) is 11.0 Å². The van der Waals surface area contributed by atoms with Crippen molar-refractivity contribution in [2.24, 2.45) is 0 Å². The molecule has 0 unspecified atom stereocenters. The molecule has 0 amide bonds. The van der Waals surface area contributed by atoms with Crippen LogP contribution in [0, 0.1) is 0 Å². The van der Waals surface area contributed by atoms with Crippen LogP contribution in [0.3, 0.4) is 0 Å². The molecule has 1 heterocycles. The molecular weight excluding hydrogens is 330 g/mol. The summed E-state index contributed by atoms with van der Waals surface area (Å²) in [6.45, 7) is 2.86. The maximum atomic E-state index is 12.5. The van der Waals surface area contributed by atoms with Gasteiger partial charge in [-0.1, -0.05) is 0 Å². The monoisotopic (exact) mass is 347 g/mol. The number of aromatic nitrogens is 2. The quantitative estimate of drug-likeness (QED) is 0.717. The van der Waals surface area contributed by atoms with Gasteiger partial charge in [0.15, 0.2) is 0 Å². The van der Waals surface area contributed by atoms with Gasteiger partial charge in [0.1, 0.15) is 0 Å². The lowest BCUT2D eigenvalue weighted by Gasteiger charge is -2.09. The van der Waals surface area contributed by atoms with Gasteiger partial charge in [-0.05, 0) is 55.6 Å². The van der Waals surface area contributed by atoms with Crippen LogP contribution in [0.5, 0.6) is 0 Å². The highest BCUT2D eigenvalue weighted by molar-refractivity contribution is 7.98. The number of fused-ring (bicyclic) bond motifs is 1. The minimum absolute atomic E-state index is 0.245. The number of rotatable bonds is 5. The van der Waals surface area contributed by atoms with Crippen LogP contribution in [0.1, 0.15) is 6.92 Å². The molecule has 1 N–H and O–H groups in total. The van der Waals surface area contributed by atoms with Crippen LogP contribution >= 0.6 is 11.8 Å². The SMILES string of the molecule is CCn1cnc2cc(NS(=O)(=O)c3ccc(SC)cc3)ccc21. The number of anilines is 1. The third kappa shape index (κ3) is 3.20. The maximum absolute atomic E-state index is 12.5. The lowest BCUT2D eigenvalue weighted by atomic mass is 10.3. The van der Waals surface area contributed by atoms with E-state index in [4.69, 9.17) is 0 Å². The number of benzene rings is 2. The molecule has 0 aliphatic rings. The second kappa shape index (κ2) is 6.25. The van der Waals surface area contributed by atoms with Crippen molar-refractivity contribution in [2.75, 3.05) is 11.0 Å². The molecule has 3 rings (SSSR count). The third-order valence-electron chi connectivity index (χ3n) is 3.58. The summed E-state index contributed by atoms with van der Waals surface area (Å²) in [4.78, 5) is 5.57. The smallest absolute Gasteiger partial charge is 0.261 e. The van der Waals surface area contributed by atoms with E-state index < -0.39 is 10.0 Å². The van der Waals surface area contributed by atoms with Crippen molar-refractivity contribution in [3.8, 4) is 0 Å². The van der Waals surface area contributed by atoms with E-state index in [1.165, 1.54) is 0 Å². The van der Waals surface area contributed by atoms with Gasteiger partial charge in [-0.15, -0.1) is 11.8 Å². The summed E-state index contributed by atoms with van der Waals surface area (Å²) >= 11 is 1.57. The highest BCUT2D eigenvalue weighted by Gasteiger charge is 2.14. The van der Waals surface area contributed by atoms with Gasteiger partial charge in [-0.2, -0.15) is 0 Å². The van der Waals surface area contributed by atoms with Crippen molar-refractivity contribution in [1.29, 1.82) is 0 Å². The first-order chi connectivity index (χ1) is 11.0. The summed E-state index contributed by atoms with van der Waals surface area (Å²) in [5.74, 6) is 0. The fourth-order valence-electron chi connectivity index (χ4n) is 2.35. The Bertz CT molecular complexity index is 932. The molecule has 120 valence electrons. The van der Waals surface area contributed by atoms with E-state index >= 15 is 0 Å². The minimum atomic E-state index is -3.60. The number of nitrogens with zero attached hydrogens (tertiary/aromatic N) is 2. The predicted octanol–water partition coefficient (Wildman–Crippen LogP) is 3.58. The molecular formula is C16H17N3O2S2. The zero-order valence-corrected chi connectivity index (χ0v) is 14.5. The number of thioether (sulfide) groups is 1. The molecule has 0 atom stereocenters. The fraction of sp³-hybridized carbons (Fsp3) is 0.188. The van der Waals surface area contributed by atoms with Crippen LogP contribution in [-0.4, -0.2) is 24.2 Å². The molecule has 5 nitrogen and oxygen atoms in total. The zero-order chi connectivity index (χ0) is 16.4. The predicted molar refractivity (Wildman–Crippen MR) is 94.4 cm³/mol. The lowest BCUT2D eigenvalue weighted by molar-refractivity contribution is 0.601. The number of sulfonamides is 1. The van der Waals surface area contributed by atoms with Crippen molar-refractivity contribution in [1.82, 2.24) is 9.55 Å². The highest BCUT2D eigenvalue weighted by Crippen LogP contribution is 2.22. The first-order valence-corrected chi connectivity index (χ1v) is 9.86. The molecule has 7 heteroatoms. The summed E-state index contributed by atoms with van der Waals surface area (Å²) in [7, 11) is -3.60. The normalized spacial score (nSPS) is 11.7. The van der Waals surface area contributed by atoms with Gasteiger partial charge in [0.2, 0.25) is 0 Å². The number of aryl methyl sites for hydroxylation is 1. The number of hydrogen-bond donors (Lipinski definition) is 1. The molecule has 0 aliphatic carbocycles. The summed E-state index contributed by atoms with van der Waals surface area (Å²) in [6, 6.07) is 12.2. The first-order valence-electron chi connectivity index (χ1n) is 7.15. The second-order valence-electron chi connectivity index (χ2n) is 5.02. The Kier molecular flexibility index (Phi) is 4.32. The van der Waals surface area contributed by atoms with E-state index in [0.717, 1.165) is 22.5 Å². The van der Waals surface area contributed by atoms with Crippen LogP contribution in [0.15, 0.2) is 58.6 Å². The number of hydrogen-bond acceptors (Lipinski definition) is 4. The average Bonchev–Trinajstić information content (AvgIpc) is 2.96. The van der Waals surface area contributed by atoms with Crippen LogP contribution in [0.4, 0.5) is 5.69 Å². The Morgan fingerprint density at radius 3 is 2.57 bits per heavy atom. The van der Waals surface area contributed by atoms with Crippen molar-refractivity contribution >= 4 is 38.5 Å². The van der Waals surface area contributed by atoms with Crippen LogP contribution < -0.4 is 4.72 Å². The van der Waals surface area contributed by atoms with Gasteiger partial charge in [-0.25, -0.2) is 13.4 Å². The number of imidazole rings is 1. The standard InChI is InChI=1S/C16H17N3O2S2/c1-3-19-11-17-15-10-12(4-9-16(15)19)18-23(20,21)14-7-5-13(22-2)6-8-14/h4-11,18H,3H2,1-2H3. The van der Waals surface area contributed by atoms with Gasteiger partial charge >= 0.3 is 0 Å². The van der Waals surface area contributed by atoms with Crippen molar-refractivity contribution in [3.05, 3.63) is 48.8 Å². The van der Waals surface area contributed by atoms with Crippen molar-refractivity contribution < 1.29 is 8.42 Å². The van der Waals surface area contributed by atoms with E-state index in [2.05, 4.69) is 9.71 Å². The molecule has 0 aliphatic heterocycles. The molecule has 23 heavy (non-hydrogen) atoms. The molecule has 2 aromatic carbocycles. The Hall–Kier alpha value is -1.99. The molecule has 0 saturated carbocycles. The molecule has 3 aromatic rings. The summed E-state index contributed by atoms with van der Waals surface area (Å²) in [5.41, 5.74) is 2.26. The molecule has 0 fully saturated rings. The van der Waals surface area contributed by atoms with Gasteiger partial charge in [0.05, 0.1) is 27.9 Å². The molecule has 0 radical (unpaired) electrons. The van der Waals surface area contributed by atoms with Gasteiger partial charge in [0.25, 0.3) is 10.0 Å². The van der Waals surface area contributed by atoms with E-state index in [9.17, 15) is 8.42 Å².